The van der Waals surface area contributed by atoms with Crippen LogP contribution in [0.3, 0.4) is 0 Å². The smallest absolute Gasteiger partial charge is 0.247 e. The van der Waals surface area contributed by atoms with Crippen molar-refractivity contribution in [1.82, 2.24) is 14.0 Å². The molecule has 0 radical (unpaired) electrons. The van der Waals surface area contributed by atoms with Gasteiger partial charge in [-0.2, -0.15) is 4.98 Å². The Labute approximate surface area is 135 Å². The number of aromatic nitrogens is 3. The molecule has 0 saturated carbocycles. The molecule has 23 heavy (non-hydrogen) atoms. The highest BCUT2D eigenvalue weighted by Crippen LogP contribution is 2.24. The van der Waals surface area contributed by atoms with Crippen molar-refractivity contribution in [1.29, 1.82) is 0 Å². The molecule has 0 saturated heterocycles. The molecule has 0 amide bonds. The molecule has 0 unspecified atom stereocenters. The van der Waals surface area contributed by atoms with E-state index in [4.69, 9.17) is 0 Å². The van der Waals surface area contributed by atoms with Crippen molar-refractivity contribution in [3.05, 3.63) is 74.6 Å². The van der Waals surface area contributed by atoms with E-state index in [0.717, 1.165) is 25.9 Å². The molecule has 0 aliphatic heterocycles. The third-order valence-electron chi connectivity index (χ3n) is 3.77. The minimum absolute atomic E-state index is 0.388. The predicted octanol–water partition coefficient (Wildman–Crippen LogP) is 2.68. The highest BCUT2D eigenvalue weighted by atomic mass is 32.1. The van der Waals surface area contributed by atoms with E-state index >= 15 is 0 Å². The zero-order chi connectivity index (χ0) is 16.1. The first kappa shape index (κ1) is 13.9. The average Bonchev–Trinajstić information content (AvgIpc) is 2.84. The molecular formula is C17H13N3O2S. The van der Waals surface area contributed by atoms with E-state index in [1.54, 1.807) is 12.1 Å². The number of hydrogen-bond acceptors (Lipinski definition) is 4. The van der Waals surface area contributed by atoms with E-state index in [9.17, 15) is 9.59 Å². The molecule has 2 aromatic carbocycles. The summed E-state index contributed by atoms with van der Waals surface area (Å²) in [4.78, 5) is 29.8. The fourth-order valence-electron chi connectivity index (χ4n) is 2.69. The van der Waals surface area contributed by atoms with Crippen LogP contribution in [0.15, 0.2) is 52.1 Å². The Morgan fingerprint density at radius 3 is 2.57 bits per heavy atom. The highest BCUT2D eigenvalue weighted by Gasteiger charge is 2.14. The number of thiazole rings is 1. The molecule has 2 aromatic heterocycles. The monoisotopic (exact) mass is 323 g/mol. The third kappa shape index (κ3) is 2.10. The van der Waals surface area contributed by atoms with Crippen LogP contribution >= 0.6 is 11.3 Å². The molecule has 114 valence electrons. The Hall–Kier alpha value is -2.73. The largest absolute Gasteiger partial charge is 0.359 e. The molecule has 0 atom stereocenters. The lowest BCUT2D eigenvalue weighted by Gasteiger charge is -2.05. The predicted molar refractivity (Wildman–Crippen MR) is 91.9 cm³/mol. The van der Waals surface area contributed by atoms with Gasteiger partial charge in [0.2, 0.25) is 4.96 Å². The second-order valence-electron chi connectivity index (χ2n) is 5.54. The van der Waals surface area contributed by atoms with E-state index in [-0.39, 0.29) is 5.69 Å². The minimum atomic E-state index is -0.552. The average molecular weight is 323 g/mol. The Morgan fingerprint density at radius 1 is 1.00 bits per heavy atom. The Bertz CT molecular complexity index is 1180. The quantitative estimate of drug-likeness (QED) is 0.541. The van der Waals surface area contributed by atoms with Crippen molar-refractivity contribution >= 4 is 26.5 Å². The zero-order valence-electron chi connectivity index (χ0n) is 12.6. The van der Waals surface area contributed by atoms with Gasteiger partial charge in [0, 0.05) is 0 Å². The molecule has 0 aliphatic carbocycles. The first-order chi connectivity index (χ1) is 11.0. The van der Waals surface area contributed by atoms with Gasteiger partial charge in [0.25, 0.3) is 0 Å². The van der Waals surface area contributed by atoms with Crippen LogP contribution in [0.5, 0.6) is 0 Å². The first-order valence-corrected chi connectivity index (χ1v) is 7.98. The van der Waals surface area contributed by atoms with Crippen LogP contribution in [0.4, 0.5) is 0 Å². The Morgan fingerprint density at radius 2 is 1.78 bits per heavy atom. The molecule has 6 heteroatoms. The molecule has 0 N–H and O–H groups in total. The summed E-state index contributed by atoms with van der Waals surface area (Å²) in [6, 6.07) is 13.1. The van der Waals surface area contributed by atoms with Crippen molar-refractivity contribution in [2.45, 2.75) is 13.8 Å². The van der Waals surface area contributed by atoms with Crippen molar-refractivity contribution in [3.8, 4) is 5.69 Å². The second kappa shape index (κ2) is 4.89. The van der Waals surface area contributed by atoms with Crippen molar-refractivity contribution in [2.24, 2.45) is 0 Å². The van der Waals surface area contributed by atoms with Gasteiger partial charge in [-0.3, -0.25) is 0 Å². The second-order valence-corrected chi connectivity index (χ2v) is 6.55. The number of benzene rings is 2. The van der Waals surface area contributed by atoms with Crippen LogP contribution in [0.25, 0.3) is 20.9 Å². The number of aryl methyl sites for hydroxylation is 2. The van der Waals surface area contributed by atoms with Gasteiger partial charge in [0.15, 0.2) is 0 Å². The van der Waals surface area contributed by atoms with Crippen molar-refractivity contribution < 1.29 is 0 Å². The Balaban J connectivity index is 2.16. The van der Waals surface area contributed by atoms with Gasteiger partial charge >= 0.3 is 11.4 Å². The van der Waals surface area contributed by atoms with Gasteiger partial charge in [0.1, 0.15) is 0 Å². The molecule has 0 spiro atoms. The highest BCUT2D eigenvalue weighted by molar-refractivity contribution is 7.23. The molecule has 4 aromatic rings. The summed E-state index contributed by atoms with van der Waals surface area (Å²) < 4.78 is 3.56. The van der Waals surface area contributed by atoms with Gasteiger partial charge in [-0.25, -0.2) is 18.6 Å². The Kier molecular flexibility index (Phi) is 2.96. The molecule has 2 heterocycles. The maximum absolute atomic E-state index is 12.9. The zero-order valence-corrected chi connectivity index (χ0v) is 13.4. The summed E-state index contributed by atoms with van der Waals surface area (Å²) >= 11 is 1.35. The summed E-state index contributed by atoms with van der Waals surface area (Å²) in [6.45, 7) is 3.91. The maximum Gasteiger partial charge on any atom is 0.359 e. The molecule has 5 nitrogen and oxygen atoms in total. The van der Waals surface area contributed by atoms with E-state index in [2.05, 4.69) is 4.98 Å². The number of rotatable bonds is 1. The van der Waals surface area contributed by atoms with E-state index in [0.29, 0.717) is 10.6 Å². The fraction of sp³-hybridized carbons (Fsp3) is 0.118. The summed E-state index contributed by atoms with van der Waals surface area (Å²) in [5, 5.41) is 0. The lowest BCUT2D eigenvalue weighted by Crippen LogP contribution is -2.37. The van der Waals surface area contributed by atoms with Gasteiger partial charge in [-0.1, -0.05) is 29.5 Å². The molecule has 0 aliphatic rings. The van der Waals surface area contributed by atoms with Crippen LogP contribution in [0.1, 0.15) is 11.1 Å². The molecular weight excluding hydrogens is 310 g/mol. The van der Waals surface area contributed by atoms with Crippen LogP contribution in [-0.4, -0.2) is 14.0 Å². The van der Waals surface area contributed by atoms with Crippen LogP contribution < -0.4 is 11.4 Å². The van der Waals surface area contributed by atoms with E-state index in [1.165, 1.54) is 15.7 Å². The summed E-state index contributed by atoms with van der Waals surface area (Å²) in [5.74, 6) is 0. The number of fused-ring (bicyclic) bond motifs is 3. The SMILES string of the molecule is Cc1cccc(-n2c(=O)nc3sc4cc(C)ccc4n3c2=O)c1. The van der Waals surface area contributed by atoms with E-state index < -0.39 is 5.69 Å². The number of hydrogen-bond donors (Lipinski definition) is 0. The van der Waals surface area contributed by atoms with E-state index in [1.807, 2.05) is 44.2 Å². The lowest BCUT2D eigenvalue weighted by molar-refractivity contribution is 0.813. The minimum Gasteiger partial charge on any atom is -0.247 e. The third-order valence-corrected chi connectivity index (χ3v) is 4.78. The van der Waals surface area contributed by atoms with Gasteiger partial charge in [-0.05, 0) is 49.2 Å². The normalized spacial score (nSPS) is 11.4. The maximum atomic E-state index is 12.9. The molecule has 0 fully saturated rings. The molecule has 4 rings (SSSR count). The van der Waals surface area contributed by atoms with Crippen LogP contribution in [-0.2, 0) is 0 Å². The van der Waals surface area contributed by atoms with Gasteiger partial charge < -0.3 is 0 Å². The van der Waals surface area contributed by atoms with Crippen molar-refractivity contribution in [3.63, 3.8) is 0 Å². The van der Waals surface area contributed by atoms with Gasteiger partial charge in [0.05, 0.1) is 15.9 Å². The van der Waals surface area contributed by atoms with Crippen LogP contribution in [0, 0.1) is 13.8 Å². The topological polar surface area (TPSA) is 56.4 Å². The summed E-state index contributed by atoms with van der Waals surface area (Å²) in [6.07, 6.45) is 0. The number of nitrogens with zero attached hydrogens (tertiary/aromatic N) is 3. The fourth-order valence-corrected chi connectivity index (χ4v) is 3.79. The van der Waals surface area contributed by atoms with Crippen molar-refractivity contribution in [2.75, 3.05) is 0 Å². The first-order valence-electron chi connectivity index (χ1n) is 7.16. The van der Waals surface area contributed by atoms with Crippen LogP contribution in [0.2, 0.25) is 0 Å². The lowest BCUT2D eigenvalue weighted by atomic mass is 10.2. The summed E-state index contributed by atoms with van der Waals surface area (Å²) in [5.41, 5.74) is 2.45. The standard InChI is InChI=1S/C17H13N3O2S/c1-10-4-3-5-12(8-10)19-15(21)18-16-20(17(19)22)13-7-6-11(2)9-14(13)23-16/h3-9H,1-2H3. The molecule has 0 bridgehead atoms. The van der Waals surface area contributed by atoms with Gasteiger partial charge in [-0.15, -0.1) is 0 Å². The summed E-state index contributed by atoms with van der Waals surface area (Å²) in [7, 11) is 0.